The van der Waals surface area contributed by atoms with E-state index in [9.17, 15) is 8.42 Å². The summed E-state index contributed by atoms with van der Waals surface area (Å²) in [6.45, 7) is 5.19. The Hall–Kier alpha value is -1.19. The smallest absolute Gasteiger partial charge is 0.282 e. The Morgan fingerprint density at radius 3 is 2.30 bits per heavy atom. The lowest BCUT2D eigenvalue weighted by Crippen LogP contribution is -2.54. The first-order chi connectivity index (χ1) is 11.1. The molecule has 0 unspecified atom stereocenters. The minimum Gasteiger partial charge on any atom is -0.399 e. The second-order valence-corrected chi connectivity index (χ2v) is 7.87. The van der Waals surface area contributed by atoms with E-state index in [2.05, 4.69) is 4.90 Å². The number of hydrogen-bond acceptors (Lipinski definition) is 5. The Bertz CT molecular complexity index is 623. The normalized spacial score (nSPS) is 22.3. The molecule has 2 aliphatic heterocycles. The lowest BCUT2D eigenvalue weighted by molar-refractivity contribution is 0.0684. The molecule has 0 saturated carbocycles. The summed E-state index contributed by atoms with van der Waals surface area (Å²) >= 11 is 0. The molecule has 0 aromatic heterocycles. The van der Waals surface area contributed by atoms with Crippen molar-refractivity contribution in [2.45, 2.75) is 6.54 Å². The van der Waals surface area contributed by atoms with Crippen LogP contribution in [0.1, 0.15) is 5.56 Å². The van der Waals surface area contributed by atoms with E-state index < -0.39 is 10.2 Å². The van der Waals surface area contributed by atoms with Gasteiger partial charge in [0.15, 0.2) is 0 Å². The van der Waals surface area contributed by atoms with E-state index in [-0.39, 0.29) is 0 Å². The quantitative estimate of drug-likeness (QED) is 0.779. The van der Waals surface area contributed by atoms with Crippen LogP contribution in [0.3, 0.4) is 0 Å². The van der Waals surface area contributed by atoms with Gasteiger partial charge in [-0.2, -0.15) is 17.0 Å². The number of nitrogens with zero attached hydrogens (tertiary/aromatic N) is 3. The van der Waals surface area contributed by atoms with Crippen molar-refractivity contribution in [2.75, 3.05) is 58.2 Å². The van der Waals surface area contributed by atoms with E-state index in [1.54, 1.807) is 4.31 Å². The van der Waals surface area contributed by atoms with Gasteiger partial charge in [0, 0.05) is 51.5 Å². The average molecular weight is 340 g/mol. The summed E-state index contributed by atoms with van der Waals surface area (Å²) in [7, 11) is -3.35. The number of nitrogen functional groups attached to an aromatic ring is 1. The molecule has 0 aliphatic carbocycles. The molecule has 8 heteroatoms. The number of piperazine rings is 1. The highest BCUT2D eigenvalue weighted by Crippen LogP contribution is 2.16. The first kappa shape index (κ1) is 16.7. The third-order valence-electron chi connectivity index (χ3n) is 4.31. The molecule has 3 rings (SSSR count). The maximum Gasteiger partial charge on any atom is 0.282 e. The van der Waals surface area contributed by atoms with Gasteiger partial charge in [0.25, 0.3) is 10.2 Å². The van der Waals surface area contributed by atoms with E-state index in [1.165, 1.54) is 4.31 Å². The SMILES string of the molecule is Nc1cccc(CN2CCN(S(=O)(=O)N3CCOCC3)CC2)c1. The molecule has 0 amide bonds. The van der Waals surface area contributed by atoms with E-state index in [4.69, 9.17) is 10.5 Å². The predicted molar refractivity (Wildman–Crippen MR) is 89.0 cm³/mol. The van der Waals surface area contributed by atoms with Crippen molar-refractivity contribution in [1.82, 2.24) is 13.5 Å². The molecule has 2 saturated heterocycles. The zero-order chi connectivity index (χ0) is 16.3. The Balaban J connectivity index is 1.55. The zero-order valence-corrected chi connectivity index (χ0v) is 14.0. The first-order valence-electron chi connectivity index (χ1n) is 7.95. The predicted octanol–water partition coefficient (Wildman–Crippen LogP) is -0.0366. The fraction of sp³-hybridized carbons (Fsp3) is 0.600. The van der Waals surface area contributed by atoms with Crippen LogP contribution in [0.15, 0.2) is 24.3 Å². The summed E-state index contributed by atoms with van der Waals surface area (Å²) < 4.78 is 33.6. The van der Waals surface area contributed by atoms with Crippen LogP contribution in [-0.2, 0) is 21.5 Å². The molecule has 0 atom stereocenters. The highest BCUT2D eigenvalue weighted by Gasteiger charge is 2.33. The number of morpholine rings is 1. The van der Waals surface area contributed by atoms with Crippen LogP contribution in [0.4, 0.5) is 5.69 Å². The Morgan fingerprint density at radius 1 is 1.00 bits per heavy atom. The number of ether oxygens (including phenoxy) is 1. The monoisotopic (exact) mass is 340 g/mol. The van der Waals surface area contributed by atoms with Gasteiger partial charge in [0.1, 0.15) is 0 Å². The molecule has 1 aromatic rings. The number of nitrogens with two attached hydrogens (primary N) is 1. The molecular formula is C15H24N4O3S. The van der Waals surface area contributed by atoms with Crippen molar-refractivity contribution in [3.8, 4) is 0 Å². The van der Waals surface area contributed by atoms with Crippen LogP contribution in [0.2, 0.25) is 0 Å². The van der Waals surface area contributed by atoms with Crippen molar-refractivity contribution in [1.29, 1.82) is 0 Å². The van der Waals surface area contributed by atoms with Crippen molar-refractivity contribution in [3.63, 3.8) is 0 Å². The first-order valence-corrected chi connectivity index (χ1v) is 9.35. The summed E-state index contributed by atoms with van der Waals surface area (Å²) in [5, 5.41) is 0. The lowest BCUT2D eigenvalue weighted by atomic mass is 10.2. The second-order valence-electron chi connectivity index (χ2n) is 5.94. The molecule has 23 heavy (non-hydrogen) atoms. The molecule has 0 bridgehead atoms. The maximum absolute atomic E-state index is 12.6. The van der Waals surface area contributed by atoms with Gasteiger partial charge in [-0.15, -0.1) is 0 Å². The molecule has 0 radical (unpaired) electrons. The largest absolute Gasteiger partial charge is 0.399 e. The van der Waals surface area contributed by atoms with Crippen molar-refractivity contribution >= 4 is 15.9 Å². The fourth-order valence-corrected chi connectivity index (χ4v) is 4.57. The van der Waals surface area contributed by atoms with E-state index >= 15 is 0 Å². The molecule has 2 fully saturated rings. The summed E-state index contributed by atoms with van der Waals surface area (Å²) in [6, 6.07) is 7.84. The zero-order valence-electron chi connectivity index (χ0n) is 13.2. The van der Waals surface area contributed by atoms with Gasteiger partial charge in [-0.05, 0) is 17.7 Å². The highest BCUT2D eigenvalue weighted by molar-refractivity contribution is 7.86. The average Bonchev–Trinajstić information content (AvgIpc) is 2.56. The Labute approximate surface area is 137 Å². The van der Waals surface area contributed by atoms with Gasteiger partial charge in [0.05, 0.1) is 13.2 Å². The molecular weight excluding hydrogens is 316 g/mol. The fourth-order valence-electron chi connectivity index (χ4n) is 3.01. The third-order valence-corrected chi connectivity index (χ3v) is 6.35. The van der Waals surface area contributed by atoms with Gasteiger partial charge in [-0.25, -0.2) is 0 Å². The number of hydrogen-bond donors (Lipinski definition) is 1. The van der Waals surface area contributed by atoms with Gasteiger partial charge in [-0.1, -0.05) is 12.1 Å². The summed E-state index contributed by atoms with van der Waals surface area (Å²) in [5.41, 5.74) is 7.73. The Morgan fingerprint density at radius 2 is 1.65 bits per heavy atom. The lowest BCUT2D eigenvalue weighted by Gasteiger charge is -2.37. The van der Waals surface area contributed by atoms with E-state index in [0.29, 0.717) is 39.4 Å². The van der Waals surface area contributed by atoms with Crippen molar-refractivity contribution < 1.29 is 13.2 Å². The molecule has 0 spiro atoms. The highest BCUT2D eigenvalue weighted by atomic mass is 32.2. The van der Waals surface area contributed by atoms with Crippen LogP contribution in [0, 0.1) is 0 Å². The molecule has 2 heterocycles. The van der Waals surface area contributed by atoms with E-state index in [1.807, 2.05) is 24.3 Å². The topological polar surface area (TPSA) is 79.1 Å². The van der Waals surface area contributed by atoms with Crippen LogP contribution in [0.5, 0.6) is 0 Å². The van der Waals surface area contributed by atoms with Crippen LogP contribution < -0.4 is 5.73 Å². The maximum atomic E-state index is 12.6. The molecule has 128 valence electrons. The van der Waals surface area contributed by atoms with Crippen molar-refractivity contribution in [2.24, 2.45) is 0 Å². The standard InChI is InChI=1S/C15H24N4O3S/c16-15-3-1-2-14(12-15)13-17-4-6-18(7-5-17)23(20,21)19-8-10-22-11-9-19/h1-3,12H,4-11,13,16H2. The molecule has 2 N–H and O–H groups in total. The van der Waals surface area contributed by atoms with E-state index in [0.717, 1.165) is 30.9 Å². The van der Waals surface area contributed by atoms with Crippen LogP contribution in [0.25, 0.3) is 0 Å². The van der Waals surface area contributed by atoms with Crippen LogP contribution in [-0.4, -0.2) is 74.4 Å². The Kier molecular flexibility index (Phi) is 5.17. The second kappa shape index (κ2) is 7.14. The number of anilines is 1. The van der Waals surface area contributed by atoms with Gasteiger partial charge >= 0.3 is 0 Å². The van der Waals surface area contributed by atoms with Gasteiger partial charge in [-0.3, -0.25) is 4.90 Å². The minimum absolute atomic E-state index is 0.450. The molecule has 7 nitrogen and oxygen atoms in total. The summed E-state index contributed by atoms with van der Waals surface area (Å²) in [6.07, 6.45) is 0. The summed E-state index contributed by atoms with van der Waals surface area (Å²) in [4.78, 5) is 2.26. The number of rotatable bonds is 4. The third kappa shape index (κ3) is 4.02. The summed E-state index contributed by atoms with van der Waals surface area (Å²) in [5.74, 6) is 0. The van der Waals surface area contributed by atoms with Crippen molar-refractivity contribution in [3.05, 3.63) is 29.8 Å². The molecule has 2 aliphatic rings. The minimum atomic E-state index is -3.35. The van der Waals surface area contributed by atoms with Gasteiger partial charge < -0.3 is 10.5 Å². The molecule has 1 aromatic carbocycles. The van der Waals surface area contributed by atoms with Gasteiger partial charge in [0.2, 0.25) is 0 Å². The van der Waals surface area contributed by atoms with Crippen LogP contribution >= 0.6 is 0 Å². The number of benzene rings is 1.